The van der Waals surface area contributed by atoms with E-state index >= 15 is 0 Å². The molecule has 1 heterocycles. The number of likely N-dealkylation sites (tertiary alicyclic amines) is 1. The van der Waals surface area contributed by atoms with E-state index in [0.29, 0.717) is 12.8 Å². The molecule has 1 aliphatic carbocycles. The van der Waals surface area contributed by atoms with Crippen molar-refractivity contribution in [2.24, 2.45) is 0 Å². The van der Waals surface area contributed by atoms with E-state index in [1.807, 2.05) is 43.3 Å². The third-order valence-electron chi connectivity index (χ3n) is 6.77. The van der Waals surface area contributed by atoms with Crippen LogP contribution >= 0.6 is 0 Å². The van der Waals surface area contributed by atoms with Gasteiger partial charge < -0.3 is 25.2 Å². The van der Waals surface area contributed by atoms with Gasteiger partial charge >= 0.3 is 12.1 Å². The molecule has 0 bridgehead atoms. The Morgan fingerprint density at radius 2 is 1.68 bits per heavy atom. The number of hydrogen-bond donors (Lipinski definition) is 3. The number of hydrogen-bond acceptors (Lipinski definition) is 5. The van der Waals surface area contributed by atoms with Crippen LogP contribution in [0, 0.1) is 0 Å². The maximum absolute atomic E-state index is 13.3. The number of nitrogens with one attached hydrogen (secondary N) is 1. The Labute approximate surface area is 198 Å². The standard InChI is InChI=1S/C26H30N2O6/c1-3-12-26(2,24(32)28-14-16(29)13-22(28)23(30)31)27-25(33)34-15-21-19-10-6-4-8-17(19)18-9-5-7-11-20(18)21/h4-11,16,21-22,29H,3,12-15H2,1-2H3,(H,27,33)(H,30,31). The summed E-state index contributed by atoms with van der Waals surface area (Å²) in [6.45, 7) is 3.47. The highest BCUT2D eigenvalue weighted by Crippen LogP contribution is 2.44. The van der Waals surface area contributed by atoms with E-state index in [1.54, 1.807) is 6.92 Å². The molecule has 8 heteroatoms. The van der Waals surface area contributed by atoms with Crippen molar-refractivity contribution >= 4 is 18.0 Å². The van der Waals surface area contributed by atoms with Crippen LogP contribution in [0.25, 0.3) is 11.1 Å². The number of carboxylic acid groups (broad SMARTS) is 1. The Kier molecular flexibility index (Phi) is 6.61. The van der Waals surface area contributed by atoms with Crippen LogP contribution in [-0.4, -0.2) is 63.9 Å². The average molecular weight is 467 g/mol. The van der Waals surface area contributed by atoms with Crippen LogP contribution < -0.4 is 5.32 Å². The van der Waals surface area contributed by atoms with Gasteiger partial charge in [0.2, 0.25) is 5.91 Å². The molecule has 34 heavy (non-hydrogen) atoms. The predicted octanol–water partition coefficient (Wildman–Crippen LogP) is 3.13. The number of ether oxygens (including phenoxy) is 1. The number of aliphatic hydroxyl groups excluding tert-OH is 1. The van der Waals surface area contributed by atoms with Crippen LogP contribution in [0.4, 0.5) is 4.79 Å². The van der Waals surface area contributed by atoms with Gasteiger partial charge in [-0.15, -0.1) is 0 Å². The maximum atomic E-state index is 13.3. The minimum atomic E-state index is -1.35. The molecule has 0 spiro atoms. The summed E-state index contributed by atoms with van der Waals surface area (Å²) in [7, 11) is 0. The van der Waals surface area contributed by atoms with E-state index in [1.165, 1.54) is 0 Å². The minimum absolute atomic E-state index is 0.0335. The normalized spacial score (nSPS) is 20.9. The van der Waals surface area contributed by atoms with Gasteiger partial charge in [-0.05, 0) is 35.6 Å². The van der Waals surface area contributed by atoms with Crippen LogP contribution in [0.15, 0.2) is 48.5 Å². The van der Waals surface area contributed by atoms with Crippen molar-refractivity contribution in [1.82, 2.24) is 10.2 Å². The van der Waals surface area contributed by atoms with Crippen molar-refractivity contribution in [3.8, 4) is 11.1 Å². The Hall–Kier alpha value is -3.39. The van der Waals surface area contributed by atoms with Gasteiger partial charge in [-0.1, -0.05) is 61.9 Å². The summed E-state index contributed by atoms with van der Waals surface area (Å²) in [5.74, 6) is -1.83. The molecule has 2 aromatic carbocycles. The smallest absolute Gasteiger partial charge is 0.408 e. The van der Waals surface area contributed by atoms with Crippen molar-refractivity contribution in [3.05, 3.63) is 59.7 Å². The first kappa shape index (κ1) is 23.8. The number of benzene rings is 2. The molecule has 3 unspecified atom stereocenters. The summed E-state index contributed by atoms with van der Waals surface area (Å²) in [5.41, 5.74) is 3.05. The van der Waals surface area contributed by atoms with Gasteiger partial charge in [0.25, 0.3) is 0 Å². The third kappa shape index (κ3) is 4.37. The molecule has 1 fully saturated rings. The molecule has 3 atom stereocenters. The molecule has 4 rings (SSSR count). The zero-order chi connectivity index (χ0) is 24.5. The first-order valence-corrected chi connectivity index (χ1v) is 11.6. The van der Waals surface area contributed by atoms with Gasteiger partial charge in [0.15, 0.2) is 0 Å². The second-order valence-corrected chi connectivity index (χ2v) is 9.23. The Morgan fingerprint density at radius 3 is 2.24 bits per heavy atom. The Morgan fingerprint density at radius 1 is 1.09 bits per heavy atom. The fourth-order valence-corrected chi connectivity index (χ4v) is 5.17. The van der Waals surface area contributed by atoms with E-state index < -0.39 is 35.7 Å². The van der Waals surface area contributed by atoms with Crippen LogP contribution in [0.5, 0.6) is 0 Å². The molecule has 2 aromatic rings. The summed E-state index contributed by atoms with van der Waals surface area (Å²) in [6, 6.07) is 14.9. The highest BCUT2D eigenvalue weighted by molar-refractivity contribution is 5.93. The van der Waals surface area contributed by atoms with Gasteiger partial charge in [-0.2, -0.15) is 0 Å². The monoisotopic (exact) mass is 466 g/mol. The molecule has 3 N–H and O–H groups in total. The highest BCUT2D eigenvalue weighted by atomic mass is 16.5. The molecule has 2 amide bonds. The topological polar surface area (TPSA) is 116 Å². The highest BCUT2D eigenvalue weighted by Gasteiger charge is 2.46. The fraction of sp³-hybridized carbons (Fsp3) is 0.423. The second-order valence-electron chi connectivity index (χ2n) is 9.23. The summed E-state index contributed by atoms with van der Waals surface area (Å²) in [4.78, 5) is 38.9. The molecule has 2 aliphatic rings. The molecule has 0 radical (unpaired) electrons. The van der Waals surface area contributed by atoms with Crippen LogP contribution in [-0.2, 0) is 14.3 Å². The maximum Gasteiger partial charge on any atom is 0.408 e. The summed E-state index contributed by atoms with van der Waals surface area (Å²) in [6.07, 6.45) is -0.799. The Bertz CT molecular complexity index is 1060. The number of carbonyl (C=O) groups is 3. The molecule has 8 nitrogen and oxygen atoms in total. The second kappa shape index (κ2) is 9.46. The Balaban J connectivity index is 1.48. The van der Waals surface area contributed by atoms with Crippen molar-refractivity contribution in [2.75, 3.05) is 13.2 Å². The lowest BCUT2D eigenvalue weighted by Gasteiger charge is -2.34. The molecule has 1 aliphatic heterocycles. The number of nitrogens with zero attached hydrogens (tertiary/aromatic N) is 1. The lowest BCUT2D eigenvalue weighted by molar-refractivity contribution is -0.150. The van der Waals surface area contributed by atoms with Gasteiger partial charge in [0, 0.05) is 18.9 Å². The number of alkyl carbamates (subject to hydrolysis) is 1. The van der Waals surface area contributed by atoms with E-state index in [0.717, 1.165) is 27.2 Å². The molecule has 1 saturated heterocycles. The third-order valence-corrected chi connectivity index (χ3v) is 6.77. The van der Waals surface area contributed by atoms with Crippen molar-refractivity contribution in [1.29, 1.82) is 0 Å². The summed E-state index contributed by atoms with van der Waals surface area (Å²) >= 11 is 0. The lowest BCUT2D eigenvalue weighted by Crippen LogP contribution is -2.59. The number of amides is 2. The van der Waals surface area contributed by atoms with E-state index in [9.17, 15) is 24.6 Å². The number of carbonyl (C=O) groups excluding carboxylic acids is 2. The molecule has 0 saturated carbocycles. The SMILES string of the molecule is CCCC(C)(NC(=O)OCC1c2ccccc2-c2ccccc21)C(=O)N1CC(O)CC1C(=O)O. The number of carboxylic acids is 1. The minimum Gasteiger partial charge on any atom is -0.480 e. The fourth-order valence-electron chi connectivity index (χ4n) is 5.17. The number of aliphatic carboxylic acids is 1. The van der Waals surface area contributed by atoms with Crippen LogP contribution in [0.2, 0.25) is 0 Å². The predicted molar refractivity (Wildman–Crippen MR) is 125 cm³/mol. The van der Waals surface area contributed by atoms with Gasteiger partial charge in [-0.3, -0.25) is 4.79 Å². The summed E-state index contributed by atoms with van der Waals surface area (Å²) in [5, 5.41) is 22.1. The van der Waals surface area contributed by atoms with E-state index in [4.69, 9.17) is 4.74 Å². The zero-order valence-electron chi connectivity index (χ0n) is 19.4. The quantitative estimate of drug-likeness (QED) is 0.577. The van der Waals surface area contributed by atoms with Crippen LogP contribution in [0.1, 0.15) is 50.2 Å². The first-order chi connectivity index (χ1) is 16.2. The molecular weight excluding hydrogens is 436 g/mol. The first-order valence-electron chi connectivity index (χ1n) is 11.6. The van der Waals surface area contributed by atoms with Crippen molar-refractivity contribution in [2.45, 2.75) is 56.7 Å². The molecule has 180 valence electrons. The number of aliphatic hydroxyl groups is 1. The van der Waals surface area contributed by atoms with Crippen molar-refractivity contribution < 1.29 is 29.3 Å². The van der Waals surface area contributed by atoms with Gasteiger partial charge in [0.1, 0.15) is 18.2 Å². The largest absolute Gasteiger partial charge is 0.480 e. The van der Waals surface area contributed by atoms with E-state index in [-0.39, 0.29) is 25.5 Å². The average Bonchev–Trinajstić information content (AvgIpc) is 3.35. The number of β-amino-alcohol motifs (C(OH)–C–C–N with tert-alkyl or cyclic N) is 1. The van der Waals surface area contributed by atoms with Crippen molar-refractivity contribution in [3.63, 3.8) is 0 Å². The van der Waals surface area contributed by atoms with Gasteiger partial charge in [0.05, 0.1) is 6.10 Å². The zero-order valence-corrected chi connectivity index (χ0v) is 19.4. The molecule has 0 aromatic heterocycles. The van der Waals surface area contributed by atoms with Gasteiger partial charge in [-0.25, -0.2) is 9.59 Å². The number of rotatable bonds is 7. The summed E-state index contributed by atoms with van der Waals surface area (Å²) < 4.78 is 5.60. The van der Waals surface area contributed by atoms with E-state index in [2.05, 4.69) is 17.4 Å². The van der Waals surface area contributed by atoms with Crippen LogP contribution in [0.3, 0.4) is 0 Å². The molecular formula is C26H30N2O6. The number of fused-ring (bicyclic) bond motifs is 3. The lowest BCUT2D eigenvalue weighted by atomic mass is 9.94.